The van der Waals surface area contributed by atoms with E-state index in [2.05, 4.69) is 15.0 Å². The van der Waals surface area contributed by atoms with E-state index in [1.807, 2.05) is 31.2 Å². The quantitative estimate of drug-likeness (QED) is 0.129. The highest BCUT2D eigenvalue weighted by Crippen LogP contribution is 2.49. The zero-order valence-electron chi connectivity index (χ0n) is 22.3. The number of aryl methyl sites for hydroxylation is 1. The second kappa shape index (κ2) is 12.9. The Morgan fingerprint density at radius 3 is 2.55 bits per heavy atom. The van der Waals surface area contributed by atoms with Crippen LogP contribution in [-0.4, -0.2) is 59.1 Å². The van der Waals surface area contributed by atoms with E-state index in [0.717, 1.165) is 11.1 Å². The summed E-state index contributed by atoms with van der Waals surface area (Å²) in [7, 11) is -0.938. The lowest BCUT2D eigenvalue weighted by atomic mass is 10.1. The maximum absolute atomic E-state index is 13.6. The Bertz CT molecular complexity index is 1580. The minimum Gasteiger partial charge on any atom is -0.493 e. The van der Waals surface area contributed by atoms with Gasteiger partial charge in [-0.3, -0.25) is 23.7 Å². The molecule has 2 aromatic heterocycles. The van der Waals surface area contributed by atoms with Gasteiger partial charge in [0.15, 0.2) is 28.4 Å². The molecule has 0 radical (unpaired) electrons. The monoisotopic (exact) mass is 571 g/mol. The van der Waals surface area contributed by atoms with Crippen LogP contribution in [0, 0.1) is 6.92 Å². The number of rotatable bonds is 14. The largest absolute Gasteiger partial charge is 0.493 e. The molecule has 3 N–H and O–H groups in total. The number of ether oxygens (including phenoxy) is 3. The Kier molecular flexibility index (Phi) is 9.33. The molecule has 1 atom stereocenters. The van der Waals surface area contributed by atoms with E-state index in [9.17, 15) is 14.2 Å². The zero-order valence-corrected chi connectivity index (χ0v) is 23.2. The van der Waals surface area contributed by atoms with Crippen LogP contribution in [0.4, 0.5) is 5.95 Å². The van der Waals surface area contributed by atoms with Crippen LogP contribution in [0.1, 0.15) is 21.5 Å². The average molecular weight is 572 g/mol. The molecule has 0 aliphatic heterocycles. The number of anilines is 1. The maximum atomic E-state index is 13.6. The third kappa shape index (κ3) is 7.13. The van der Waals surface area contributed by atoms with Gasteiger partial charge in [-0.15, -0.1) is 0 Å². The molecule has 2 aromatic carbocycles. The number of carbonyl (C=O) groups excluding carboxylic acids is 1. The second-order valence-corrected chi connectivity index (χ2v) is 10.7. The molecule has 0 saturated heterocycles. The summed E-state index contributed by atoms with van der Waals surface area (Å²) in [6, 6.07) is 12.2. The highest BCUT2D eigenvalue weighted by Gasteiger charge is 2.27. The number of ketones is 1. The summed E-state index contributed by atoms with van der Waals surface area (Å²) in [6.45, 7) is 1.72. The fraction of sp³-hybridized carbons (Fsp3) is 0.308. The van der Waals surface area contributed by atoms with Crippen molar-refractivity contribution in [2.24, 2.45) is 0 Å². The first kappa shape index (κ1) is 29.0. The number of Topliss-reactive ketones (excluding diaryl/α,β-unsaturated/α-hetero) is 1. The van der Waals surface area contributed by atoms with Crippen LogP contribution in [0.3, 0.4) is 0 Å². The van der Waals surface area contributed by atoms with Crippen molar-refractivity contribution in [1.29, 1.82) is 0 Å². The topological polar surface area (TPSA) is 170 Å². The number of fused-ring (bicyclic) bond motifs is 1. The van der Waals surface area contributed by atoms with E-state index in [1.165, 1.54) is 26.6 Å². The molecule has 0 aliphatic rings. The molecule has 14 heteroatoms. The van der Waals surface area contributed by atoms with Crippen molar-refractivity contribution in [2.45, 2.75) is 20.1 Å². The Balaban J connectivity index is 1.42. The smallest absolute Gasteiger partial charge is 0.356 e. The van der Waals surface area contributed by atoms with Crippen molar-refractivity contribution in [3.8, 4) is 11.5 Å². The van der Waals surface area contributed by atoms with Crippen molar-refractivity contribution in [1.82, 2.24) is 19.5 Å². The van der Waals surface area contributed by atoms with E-state index in [1.54, 1.807) is 16.7 Å². The number of benzene rings is 2. The summed E-state index contributed by atoms with van der Waals surface area (Å²) in [4.78, 5) is 35.4. The molecular formula is C26H30N5O8P. The number of imidazole rings is 1. The molecule has 40 heavy (non-hydrogen) atoms. The molecule has 1 unspecified atom stereocenters. The van der Waals surface area contributed by atoms with Crippen LogP contribution in [0.2, 0.25) is 0 Å². The van der Waals surface area contributed by atoms with Gasteiger partial charge in [-0.2, -0.15) is 4.98 Å². The van der Waals surface area contributed by atoms with Crippen LogP contribution >= 0.6 is 7.60 Å². The molecule has 0 bridgehead atoms. The summed E-state index contributed by atoms with van der Waals surface area (Å²) in [6.07, 6.45) is 1.02. The fourth-order valence-electron chi connectivity index (χ4n) is 3.69. The van der Waals surface area contributed by atoms with Gasteiger partial charge >= 0.3 is 7.60 Å². The van der Waals surface area contributed by atoms with Crippen molar-refractivity contribution >= 4 is 30.5 Å². The predicted octanol–water partition coefficient (Wildman–Crippen LogP) is 3.31. The molecule has 2 heterocycles. The van der Waals surface area contributed by atoms with E-state index < -0.39 is 31.9 Å². The summed E-state index contributed by atoms with van der Waals surface area (Å²) < 4.78 is 42.5. The molecular weight excluding hydrogens is 541 g/mol. The summed E-state index contributed by atoms with van der Waals surface area (Å²) in [5, 5.41) is 0. The van der Waals surface area contributed by atoms with Gasteiger partial charge in [0.1, 0.15) is 13.0 Å². The van der Waals surface area contributed by atoms with Gasteiger partial charge in [-0.1, -0.05) is 29.8 Å². The zero-order chi connectivity index (χ0) is 28.7. The lowest BCUT2D eigenvalue weighted by Crippen LogP contribution is -2.14. The van der Waals surface area contributed by atoms with E-state index in [-0.39, 0.29) is 36.8 Å². The normalized spacial score (nSPS) is 12.8. The molecule has 13 nitrogen and oxygen atoms in total. The minimum absolute atomic E-state index is 0.0103. The molecule has 0 saturated carbocycles. The fourth-order valence-corrected chi connectivity index (χ4v) is 4.93. The number of nitrogens with one attached hydrogen (secondary N) is 1. The first-order chi connectivity index (χ1) is 19.2. The lowest BCUT2D eigenvalue weighted by molar-refractivity contribution is 0.0855. The van der Waals surface area contributed by atoms with Gasteiger partial charge in [0.05, 0.1) is 33.8 Å². The average Bonchev–Trinajstić information content (AvgIpc) is 3.36. The van der Waals surface area contributed by atoms with Gasteiger partial charge in [0.2, 0.25) is 5.95 Å². The van der Waals surface area contributed by atoms with Gasteiger partial charge < -0.3 is 29.0 Å². The predicted molar refractivity (Wildman–Crippen MR) is 147 cm³/mol. The molecule has 212 valence electrons. The summed E-state index contributed by atoms with van der Waals surface area (Å²) >= 11 is 0. The number of hydrogen-bond acceptors (Lipinski definition) is 11. The van der Waals surface area contributed by atoms with Crippen LogP contribution in [0.5, 0.6) is 11.5 Å². The van der Waals surface area contributed by atoms with Gasteiger partial charge in [-0.05, 0) is 30.7 Å². The van der Waals surface area contributed by atoms with Crippen molar-refractivity contribution < 1.29 is 32.6 Å². The Labute approximate surface area is 229 Å². The van der Waals surface area contributed by atoms with E-state index in [0.29, 0.717) is 17.1 Å². The van der Waals surface area contributed by atoms with Crippen LogP contribution in [0.15, 0.2) is 53.6 Å². The van der Waals surface area contributed by atoms with Gasteiger partial charge in [0, 0.05) is 12.1 Å². The number of aromatic amines is 1. The minimum atomic E-state index is -3.89. The van der Waals surface area contributed by atoms with Crippen LogP contribution < -0.4 is 20.8 Å². The Morgan fingerprint density at radius 1 is 1.07 bits per heavy atom. The van der Waals surface area contributed by atoms with E-state index >= 15 is 0 Å². The number of nitrogens with zero attached hydrogens (tertiary/aromatic N) is 3. The molecule has 0 aliphatic carbocycles. The number of hydrogen-bond donors (Lipinski definition) is 2. The third-order valence-corrected chi connectivity index (χ3v) is 7.41. The van der Waals surface area contributed by atoms with Gasteiger partial charge in [0.25, 0.3) is 5.56 Å². The molecule has 0 spiro atoms. The van der Waals surface area contributed by atoms with Crippen LogP contribution in [0.25, 0.3) is 11.2 Å². The Morgan fingerprint density at radius 2 is 1.82 bits per heavy atom. The highest BCUT2D eigenvalue weighted by molar-refractivity contribution is 7.53. The summed E-state index contributed by atoms with van der Waals surface area (Å²) in [5.41, 5.74) is 7.74. The van der Waals surface area contributed by atoms with Crippen molar-refractivity contribution in [3.63, 3.8) is 0 Å². The highest BCUT2D eigenvalue weighted by atomic mass is 31.2. The van der Waals surface area contributed by atoms with Crippen molar-refractivity contribution in [2.75, 3.05) is 39.5 Å². The number of methoxy groups -OCH3 is 2. The lowest BCUT2D eigenvalue weighted by Gasteiger charge is -2.19. The summed E-state index contributed by atoms with van der Waals surface area (Å²) in [5.74, 6) is 0.370. The number of H-pyrrole nitrogens is 1. The molecule has 0 fully saturated rings. The van der Waals surface area contributed by atoms with Crippen molar-refractivity contribution in [3.05, 3.63) is 75.8 Å². The third-order valence-electron chi connectivity index (χ3n) is 5.87. The Hall–Kier alpha value is -4.03. The maximum Gasteiger partial charge on any atom is 0.356 e. The SMILES string of the molecule is COc1ccc(C(=O)COP(=O)(COCCn2cnc3c(=O)[nH]c(N)nc32)OCc2ccc(C)cc2)cc1OC. The van der Waals surface area contributed by atoms with E-state index in [4.69, 9.17) is 29.0 Å². The second-order valence-electron chi connectivity index (χ2n) is 8.74. The number of nitrogens with two attached hydrogens (primary N) is 1. The number of aromatic nitrogens is 4. The molecule has 0 amide bonds. The standard InChI is InChI=1S/C26H30N5O8P/c1-17-4-6-18(7-5-17)13-38-40(34,39-14-20(32)19-8-9-21(35-2)22(12-19)36-3)16-37-11-10-31-15-28-23-24(31)29-26(27)30-25(23)33/h4-9,12,15H,10-11,13-14,16H2,1-3H3,(H3,27,29,30,33). The van der Waals surface area contributed by atoms with Crippen LogP contribution in [-0.2, 0) is 31.5 Å². The number of nitrogen functional groups attached to an aromatic ring is 1. The first-order valence-corrected chi connectivity index (χ1v) is 13.9. The molecule has 4 aromatic rings. The first-order valence-electron chi connectivity index (χ1n) is 12.2. The molecule has 4 rings (SSSR count). The number of carbonyl (C=O) groups is 1. The van der Waals surface area contributed by atoms with Gasteiger partial charge in [-0.25, -0.2) is 4.98 Å².